The summed E-state index contributed by atoms with van der Waals surface area (Å²) >= 11 is 0. The number of likely N-dealkylation sites (tertiary alicyclic amines) is 1. The van der Waals surface area contributed by atoms with Crippen LogP contribution in [0.2, 0.25) is 0 Å². The highest BCUT2D eigenvalue weighted by atomic mass is 16.3. The van der Waals surface area contributed by atoms with Crippen molar-refractivity contribution in [3.63, 3.8) is 0 Å². The molecule has 0 aliphatic carbocycles. The number of nitrogens with zero attached hydrogens (tertiary/aromatic N) is 1. The Labute approximate surface area is 77.9 Å². The van der Waals surface area contributed by atoms with Gasteiger partial charge in [0.2, 0.25) is 5.91 Å². The topological polar surface area (TPSA) is 52.6 Å². The molecule has 1 amide bonds. The second-order valence-electron chi connectivity index (χ2n) is 3.84. The molecule has 4 heteroatoms. The van der Waals surface area contributed by atoms with Crippen LogP contribution >= 0.6 is 0 Å². The van der Waals surface area contributed by atoms with E-state index in [1.807, 2.05) is 4.90 Å². The van der Waals surface area contributed by atoms with Crippen LogP contribution in [0.1, 0.15) is 25.7 Å². The van der Waals surface area contributed by atoms with Gasteiger partial charge in [0.1, 0.15) is 6.23 Å². The fourth-order valence-electron chi connectivity index (χ4n) is 2.08. The monoisotopic (exact) mass is 184 g/mol. The van der Waals surface area contributed by atoms with Gasteiger partial charge in [-0.05, 0) is 25.7 Å². The lowest BCUT2D eigenvalue weighted by molar-refractivity contribution is -0.132. The third-order valence-corrected chi connectivity index (χ3v) is 2.84. The average molecular weight is 184 g/mol. The molecule has 0 radical (unpaired) electrons. The first-order valence-electron chi connectivity index (χ1n) is 5.00. The van der Waals surface area contributed by atoms with Crippen molar-refractivity contribution in [2.24, 2.45) is 0 Å². The number of carbonyl (C=O) groups is 1. The molecule has 2 heterocycles. The third kappa shape index (κ3) is 1.84. The number of aliphatic hydroxyl groups is 1. The van der Waals surface area contributed by atoms with Crippen LogP contribution in [0.4, 0.5) is 0 Å². The van der Waals surface area contributed by atoms with Crippen molar-refractivity contribution in [2.75, 3.05) is 13.1 Å². The zero-order valence-corrected chi connectivity index (χ0v) is 7.70. The first kappa shape index (κ1) is 8.97. The lowest BCUT2D eigenvalue weighted by atomic mass is 10.2. The lowest BCUT2D eigenvalue weighted by Crippen LogP contribution is -2.44. The molecule has 2 rings (SSSR count). The summed E-state index contributed by atoms with van der Waals surface area (Å²) in [7, 11) is 0. The molecule has 2 saturated heterocycles. The van der Waals surface area contributed by atoms with Crippen LogP contribution in [0.15, 0.2) is 0 Å². The Morgan fingerprint density at radius 3 is 2.54 bits per heavy atom. The van der Waals surface area contributed by atoms with E-state index >= 15 is 0 Å². The molecule has 0 spiro atoms. The summed E-state index contributed by atoms with van der Waals surface area (Å²) in [5.74, 6) is 0.175. The highest BCUT2D eigenvalue weighted by Crippen LogP contribution is 2.16. The van der Waals surface area contributed by atoms with Crippen molar-refractivity contribution in [1.29, 1.82) is 0 Å². The zero-order valence-electron chi connectivity index (χ0n) is 7.70. The first-order chi connectivity index (χ1) is 6.27. The maximum Gasteiger partial charge on any atom is 0.239 e. The summed E-state index contributed by atoms with van der Waals surface area (Å²) in [4.78, 5) is 13.6. The van der Waals surface area contributed by atoms with Crippen LogP contribution in [-0.2, 0) is 4.79 Å². The van der Waals surface area contributed by atoms with Crippen LogP contribution in [0.3, 0.4) is 0 Å². The minimum absolute atomic E-state index is 0.131. The Morgan fingerprint density at radius 1 is 1.31 bits per heavy atom. The Kier molecular flexibility index (Phi) is 2.51. The molecule has 0 saturated carbocycles. The summed E-state index contributed by atoms with van der Waals surface area (Å²) < 4.78 is 0. The fraction of sp³-hybridized carbons (Fsp3) is 0.889. The molecule has 2 N–H and O–H groups in total. The molecule has 0 aromatic heterocycles. The minimum Gasteiger partial charge on any atom is -0.379 e. The predicted molar refractivity (Wildman–Crippen MR) is 48.0 cm³/mol. The highest BCUT2D eigenvalue weighted by Gasteiger charge is 2.31. The minimum atomic E-state index is -0.475. The van der Waals surface area contributed by atoms with E-state index < -0.39 is 6.23 Å². The molecular weight excluding hydrogens is 168 g/mol. The summed E-state index contributed by atoms with van der Waals surface area (Å²) in [5.41, 5.74) is 0. The van der Waals surface area contributed by atoms with Crippen molar-refractivity contribution in [2.45, 2.75) is 38.0 Å². The quantitative estimate of drug-likeness (QED) is 0.587. The van der Waals surface area contributed by atoms with Gasteiger partial charge < -0.3 is 10.0 Å². The van der Waals surface area contributed by atoms with Gasteiger partial charge in [-0.1, -0.05) is 0 Å². The van der Waals surface area contributed by atoms with E-state index in [0.717, 1.165) is 32.4 Å². The van der Waals surface area contributed by atoms with Crippen LogP contribution in [0, 0.1) is 0 Å². The SMILES string of the molecule is O=C([C@@H]1CCC(O)N1)N1CCCC1. The van der Waals surface area contributed by atoms with Crippen molar-refractivity contribution in [3.8, 4) is 0 Å². The van der Waals surface area contributed by atoms with Gasteiger partial charge in [0, 0.05) is 13.1 Å². The molecule has 0 aromatic rings. The third-order valence-electron chi connectivity index (χ3n) is 2.84. The smallest absolute Gasteiger partial charge is 0.239 e. The van der Waals surface area contributed by atoms with E-state index in [9.17, 15) is 9.90 Å². The van der Waals surface area contributed by atoms with E-state index in [1.54, 1.807) is 0 Å². The summed E-state index contributed by atoms with van der Waals surface area (Å²) in [5, 5.41) is 12.1. The van der Waals surface area contributed by atoms with Crippen molar-refractivity contribution >= 4 is 5.91 Å². The van der Waals surface area contributed by atoms with E-state index in [2.05, 4.69) is 5.32 Å². The summed E-state index contributed by atoms with van der Waals surface area (Å²) in [6, 6.07) is -0.131. The lowest BCUT2D eigenvalue weighted by Gasteiger charge is -2.19. The largest absolute Gasteiger partial charge is 0.379 e. The molecule has 2 aliphatic heterocycles. The maximum atomic E-state index is 11.7. The Morgan fingerprint density at radius 2 is 2.00 bits per heavy atom. The van der Waals surface area contributed by atoms with E-state index in [4.69, 9.17) is 0 Å². The van der Waals surface area contributed by atoms with E-state index in [1.165, 1.54) is 0 Å². The van der Waals surface area contributed by atoms with E-state index in [-0.39, 0.29) is 11.9 Å². The Bertz CT molecular complexity index is 202. The van der Waals surface area contributed by atoms with Gasteiger partial charge in [-0.2, -0.15) is 0 Å². The van der Waals surface area contributed by atoms with Crippen LogP contribution in [-0.4, -0.2) is 41.3 Å². The molecule has 1 unspecified atom stereocenters. The first-order valence-corrected chi connectivity index (χ1v) is 5.00. The van der Waals surface area contributed by atoms with Crippen LogP contribution < -0.4 is 5.32 Å². The molecular formula is C9H16N2O2. The molecule has 0 bridgehead atoms. The van der Waals surface area contributed by atoms with Gasteiger partial charge in [0.15, 0.2) is 0 Å². The number of hydrogen-bond acceptors (Lipinski definition) is 3. The number of rotatable bonds is 1. The van der Waals surface area contributed by atoms with Gasteiger partial charge in [0.25, 0.3) is 0 Å². The Hall–Kier alpha value is -0.610. The van der Waals surface area contributed by atoms with Gasteiger partial charge in [0.05, 0.1) is 6.04 Å². The number of hydrogen-bond donors (Lipinski definition) is 2. The number of amides is 1. The van der Waals surface area contributed by atoms with Crippen LogP contribution in [0.5, 0.6) is 0 Å². The molecule has 0 aromatic carbocycles. The highest BCUT2D eigenvalue weighted by molar-refractivity contribution is 5.82. The maximum absolute atomic E-state index is 11.7. The number of carbonyl (C=O) groups excluding carboxylic acids is 1. The zero-order chi connectivity index (χ0) is 9.26. The second kappa shape index (κ2) is 3.64. The molecule has 13 heavy (non-hydrogen) atoms. The molecule has 2 aliphatic rings. The summed E-state index contributed by atoms with van der Waals surface area (Å²) in [6.45, 7) is 1.79. The number of aliphatic hydroxyl groups excluding tert-OH is 1. The fourth-order valence-corrected chi connectivity index (χ4v) is 2.08. The van der Waals surface area contributed by atoms with E-state index in [0.29, 0.717) is 6.42 Å². The molecule has 74 valence electrons. The molecule has 2 fully saturated rings. The van der Waals surface area contributed by atoms with Gasteiger partial charge in [-0.15, -0.1) is 0 Å². The van der Waals surface area contributed by atoms with Gasteiger partial charge in [-0.3, -0.25) is 10.1 Å². The Balaban J connectivity index is 1.89. The summed E-state index contributed by atoms with van der Waals surface area (Å²) in [6.07, 6.45) is 3.25. The predicted octanol–water partition coefficient (Wildman–Crippen LogP) is -0.321. The van der Waals surface area contributed by atoms with Crippen molar-refractivity contribution < 1.29 is 9.90 Å². The standard InChI is InChI=1S/C9H16N2O2/c12-8-4-3-7(10-8)9(13)11-5-1-2-6-11/h7-8,10,12H,1-6H2/t7-,8?/m0/s1. The number of nitrogens with one attached hydrogen (secondary N) is 1. The van der Waals surface area contributed by atoms with Crippen molar-refractivity contribution in [1.82, 2.24) is 10.2 Å². The van der Waals surface area contributed by atoms with Crippen LogP contribution in [0.25, 0.3) is 0 Å². The normalized spacial score (nSPS) is 34.1. The molecule has 2 atom stereocenters. The molecule has 4 nitrogen and oxygen atoms in total. The van der Waals surface area contributed by atoms with Gasteiger partial charge >= 0.3 is 0 Å². The average Bonchev–Trinajstić information content (AvgIpc) is 2.72. The van der Waals surface area contributed by atoms with Crippen molar-refractivity contribution in [3.05, 3.63) is 0 Å². The second-order valence-corrected chi connectivity index (χ2v) is 3.84. The van der Waals surface area contributed by atoms with Gasteiger partial charge in [-0.25, -0.2) is 0 Å².